The number of benzene rings is 2. The van der Waals surface area contributed by atoms with Crippen LogP contribution in [0.5, 0.6) is 0 Å². The van der Waals surface area contributed by atoms with Crippen LogP contribution in [0.15, 0.2) is 36.5 Å². The van der Waals surface area contributed by atoms with Crippen molar-refractivity contribution in [2.24, 2.45) is 5.41 Å². The summed E-state index contributed by atoms with van der Waals surface area (Å²) >= 11 is 0. The molecule has 0 saturated carbocycles. The van der Waals surface area contributed by atoms with Gasteiger partial charge in [-0.3, -0.25) is 4.79 Å². The van der Waals surface area contributed by atoms with Crippen LogP contribution >= 0.6 is 0 Å². The van der Waals surface area contributed by atoms with Crippen molar-refractivity contribution in [2.45, 2.75) is 54.0 Å². The predicted molar refractivity (Wildman–Crippen MR) is 110 cm³/mol. The van der Waals surface area contributed by atoms with Crippen molar-refractivity contribution in [2.75, 3.05) is 0 Å². The maximum Gasteiger partial charge on any atom is 0.137 e. The second-order valence-corrected chi connectivity index (χ2v) is 8.90. The van der Waals surface area contributed by atoms with Crippen LogP contribution in [0.4, 0.5) is 8.78 Å². The van der Waals surface area contributed by atoms with Crippen LogP contribution in [0, 0.1) is 30.9 Å². The molecule has 0 aliphatic heterocycles. The molecule has 0 aliphatic carbocycles. The van der Waals surface area contributed by atoms with E-state index >= 15 is 0 Å². The number of ketones is 1. The van der Waals surface area contributed by atoms with Gasteiger partial charge in [-0.2, -0.15) is 0 Å². The molecule has 1 heterocycles. The number of fused-ring (bicyclic) bond motifs is 1. The number of halogens is 2. The minimum absolute atomic E-state index is 0.0213. The zero-order valence-electron chi connectivity index (χ0n) is 17.2. The molecule has 0 fully saturated rings. The Bertz CT molecular complexity index is 1020. The third kappa shape index (κ3) is 4.49. The zero-order valence-corrected chi connectivity index (χ0v) is 17.2. The van der Waals surface area contributed by atoms with Gasteiger partial charge in [-0.15, -0.1) is 0 Å². The van der Waals surface area contributed by atoms with E-state index in [4.69, 9.17) is 0 Å². The Hall–Kier alpha value is -2.49. The Kier molecular flexibility index (Phi) is 5.42. The fourth-order valence-corrected chi connectivity index (χ4v) is 3.87. The lowest BCUT2D eigenvalue weighted by atomic mass is 9.86. The molecule has 0 aliphatic rings. The maximum atomic E-state index is 13.5. The molecule has 2 aromatic carbocycles. The lowest BCUT2D eigenvalue weighted by Crippen LogP contribution is -2.15. The zero-order chi connectivity index (χ0) is 20.6. The van der Waals surface area contributed by atoms with E-state index in [2.05, 4.69) is 26.8 Å². The Morgan fingerprint density at radius 3 is 2.29 bits per heavy atom. The van der Waals surface area contributed by atoms with Crippen LogP contribution in [0.2, 0.25) is 0 Å². The first-order valence-electron chi connectivity index (χ1n) is 9.58. The number of nitrogens with zero attached hydrogens (tertiary/aromatic N) is 1. The molecule has 0 atom stereocenters. The van der Waals surface area contributed by atoms with E-state index in [1.54, 1.807) is 0 Å². The van der Waals surface area contributed by atoms with Gasteiger partial charge < -0.3 is 4.57 Å². The highest BCUT2D eigenvalue weighted by Gasteiger charge is 2.19. The molecule has 0 unspecified atom stereocenters. The first-order valence-corrected chi connectivity index (χ1v) is 9.58. The van der Waals surface area contributed by atoms with Gasteiger partial charge in [0, 0.05) is 42.6 Å². The SMILES string of the molecule is Cc1cc2c(ccn2Cc2cc(F)cc(F)c2)c(C)c1CC(=O)CC(C)(C)C. The number of rotatable bonds is 5. The highest BCUT2D eigenvalue weighted by Crippen LogP contribution is 2.29. The van der Waals surface area contributed by atoms with Crippen LogP contribution in [-0.2, 0) is 17.8 Å². The van der Waals surface area contributed by atoms with E-state index in [-0.39, 0.29) is 11.2 Å². The van der Waals surface area contributed by atoms with Crippen molar-refractivity contribution in [1.82, 2.24) is 4.57 Å². The quantitative estimate of drug-likeness (QED) is 0.519. The molecule has 148 valence electrons. The molecular formula is C24H27F2NO. The van der Waals surface area contributed by atoms with Gasteiger partial charge in [0.2, 0.25) is 0 Å². The van der Waals surface area contributed by atoms with Crippen LogP contribution in [0.3, 0.4) is 0 Å². The van der Waals surface area contributed by atoms with Crippen molar-refractivity contribution >= 4 is 16.7 Å². The summed E-state index contributed by atoms with van der Waals surface area (Å²) < 4.78 is 29.0. The Morgan fingerprint density at radius 1 is 1.04 bits per heavy atom. The molecule has 0 bridgehead atoms. The average Bonchev–Trinajstić information content (AvgIpc) is 2.91. The molecule has 0 spiro atoms. The third-order valence-electron chi connectivity index (χ3n) is 5.07. The van der Waals surface area contributed by atoms with Gasteiger partial charge in [0.15, 0.2) is 0 Å². The minimum atomic E-state index is -0.571. The molecule has 2 nitrogen and oxygen atoms in total. The molecule has 3 rings (SSSR count). The average molecular weight is 383 g/mol. The van der Waals surface area contributed by atoms with Crippen molar-refractivity contribution in [3.05, 3.63) is 70.4 Å². The topological polar surface area (TPSA) is 22.0 Å². The molecule has 1 aromatic heterocycles. The van der Waals surface area contributed by atoms with Gasteiger partial charge >= 0.3 is 0 Å². The number of Topliss-reactive ketones (excluding diaryl/α,β-unsaturated/α-hetero) is 1. The van der Waals surface area contributed by atoms with Gasteiger partial charge in [-0.25, -0.2) is 8.78 Å². The van der Waals surface area contributed by atoms with E-state index in [1.165, 1.54) is 12.1 Å². The van der Waals surface area contributed by atoms with Gasteiger partial charge in [-0.1, -0.05) is 20.8 Å². The molecule has 3 aromatic rings. The summed E-state index contributed by atoms with van der Waals surface area (Å²) in [5, 5.41) is 1.07. The number of aryl methyl sites for hydroxylation is 2. The normalized spacial score (nSPS) is 12.0. The van der Waals surface area contributed by atoms with Crippen LogP contribution < -0.4 is 0 Å². The summed E-state index contributed by atoms with van der Waals surface area (Å²) in [7, 11) is 0. The van der Waals surface area contributed by atoms with Gasteiger partial charge in [0.25, 0.3) is 0 Å². The van der Waals surface area contributed by atoms with Crippen LogP contribution in [0.1, 0.15) is 49.4 Å². The Morgan fingerprint density at radius 2 is 1.68 bits per heavy atom. The Balaban J connectivity index is 1.94. The molecular weight excluding hydrogens is 356 g/mol. The fraction of sp³-hybridized carbons (Fsp3) is 0.375. The predicted octanol–water partition coefficient (Wildman–Crippen LogP) is 6.13. The molecule has 0 amide bonds. The maximum absolute atomic E-state index is 13.5. The molecule has 4 heteroatoms. The van der Waals surface area contributed by atoms with E-state index in [0.29, 0.717) is 24.9 Å². The highest BCUT2D eigenvalue weighted by molar-refractivity contribution is 5.89. The third-order valence-corrected chi connectivity index (χ3v) is 5.07. The molecule has 0 N–H and O–H groups in total. The number of hydrogen-bond acceptors (Lipinski definition) is 1. The summed E-state index contributed by atoms with van der Waals surface area (Å²) in [6, 6.07) is 7.67. The van der Waals surface area contributed by atoms with Crippen molar-refractivity contribution in [3.63, 3.8) is 0 Å². The lowest BCUT2D eigenvalue weighted by Gasteiger charge is -2.18. The summed E-state index contributed by atoms with van der Waals surface area (Å²) in [4.78, 5) is 12.5. The summed E-state index contributed by atoms with van der Waals surface area (Å²) in [6.07, 6.45) is 2.92. The Labute approximate surface area is 165 Å². The highest BCUT2D eigenvalue weighted by atomic mass is 19.1. The van der Waals surface area contributed by atoms with Gasteiger partial charge in [-0.05, 0) is 65.8 Å². The standard InChI is InChI=1S/C24H27F2NO/c1-15-8-23-21(16(2)22(15)12-20(28)13-24(3,4)5)6-7-27(23)14-17-9-18(25)11-19(26)10-17/h6-11H,12-14H2,1-5H3. The summed E-state index contributed by atoms with van der Waals surface area (Å²) in [5.74, 6) is -0.898. The minimum Gasteiger partial charge on any atom is -0.343 e. The number of carbonyl (C=O) groups is 1. The van der Waals surface area contributed by atoms with Crippen molar-refractivity contribution < 1.29 is 13.6 Å². The summed E-state index contributed by atoms with van der Waals surface area (Å²) in [5.41, 5.74) is 4.81. The van der Waals surface area contributed by atoms with E-state index in [1.807, 2.05) is 30.7 Å². The van der Waals surface area contributed by atoms with E-state index in [0.717, 1.165) is 33.7 Å². The van der Waals surface area contributed by atoms with Crippen molar-refractivity contribution in [1.29, 1.82) is 0 Å². The smallest absolute Gasteiger partial charge is 0.137 e. The van der Waals surface area contributed by atoms with Crippen LogP contribution in [-0.4, -0.2) is 10.4 Å². The monoisotopic (exact) mass is 383 g/mol. The van der Waals surface area contributed by atoms with Gasteiger partial charge in [0.05, 0.1) is 0 Å². The second-order valence-electron chi connectivity index (χ2n) is 8.90. The first-order chi connectivity index (χ1) is 13.0. The van der Waals surface area contributed by atoms with Crippen molar-refractivity contribution in [3.8, 4) is 0 Å². The number of aromatic nitrogens is 1. The molecule has 28 heavy (non-hydrogen) atoms. The fourth-order valence-electron chi connectivity index (χ4n) is 3.87. The number of hydrogen-bond donors (Lipinski definition) is 0. The van der Waals surface area contributed by atoms with E-state index < -0.39 is 11.6 Å². The molecule has 0 saturated heterocycles. The van der Waals surface area contributed by atoms with E-state index in [9.17, 15) is 13.6 Å². The largest absolute Gasteiger partial charge is 0.343 e. The summed E-state index contributed by atoms with van der Waals surface area (Å²) in [6.45, 7) is 10.7. The lowest BCUT2D eigenvalue weighted by molar-refractivity contribution is -0.120. The first kappa shape index (κ1) is 20.2. The van der Waals surface area contributed by atoms with Gasteiger partial charge in [0.1, 0.15) is 17.4 Å². The number of carbonyl (C=O) groups excluding carboxylic acids is 1. The van der Waals surface area contributed by atoms with Crippen LogP contribution in [0.25, 0.3) is 10.9 Å². The second kappa shape index (κ2) is 7.50. The molecule has 0 radical (unpaired) electrons.